The lowest BCUT2D eigenvalue weighted by Crippen LogP contribution is -2.35. The smallest absolute Gasteiger partial charge is 0.229 e. The molecule has 6 heteroatoms. The molecule has 0 aromatic carbocycles. The highest BCUT2D eigenvalue weighted by Crippen LogP contribution is 2.29. The van der Waals surface area contributed by atoms with Gasteiger partial charge in [-0.25, -0.2) is 0 Å². The lowest BCUT2D eigenvalue weighted by molar-refractivity contribution is -0.0264. The van der Waals surface area contributed by atoms with E-state index in [-0.39, 0.29) is 12.2 Å². The van der Waals surface area contributed by atoms with Gasteiger partial charge in [-0.15, -0.1) is 0 Å². The minimum absolute atomic E-state index is 0.116. The van der Waals surface area contributed by atoms with Crippen molar-refractivity contribution >= 4 is 0 Å². The molecule has 0 spiro atoms. The van der Waals surface area contributed by atoms with Gasteiger partial charge < -0.3 is 19.3 Å². The monoisotopic (exact) mass is 281 g/mol. The summed E-state index contributed by atoms with van der Waals surface area (Å²) in [5.74, 6) is 1.52. The number of likely N-dealkylation sites (N-methyl/N-ethyl adjacent to an activating group) is 1. The van der Waals surface area contributed by atoms with E-state index in [0.717, 1.165) is 25.9 Å². The number of nitrogens with zero attached hydrogens (tertiary/aromatic N) is 3. The van der Waals surface area contributed by atoms with Crippen LogP contribution in [0.3, 0.4) is 0 Å². The van der Waals surface area contributed by atoms with Gasteiger partial charge in [-0.1, -0.05) is 18.0 Å². The lowest BCUT2D eigenvalue weighted by atomic mass is 9.98. The fraction of sp³-hybridized carbons (Fsp3) is 0.857. The number of aliphatic hydroxyl groups is 1. The van der Waals surface area contributed by atoms with Gasteiger partial charge in [0.05, 0.1) is 19.1 Å². The van der Waals surface area contributed by atoms with Gasteiger partial charge >= 0.3 is 0 Å². The van der Waals surface area contributed by atoms with Gasteiger partial charge in [-0.3, -0.25) is 0 Å². The third kappa shape index (κ3) is 3.19. The van der Waals surface area contributed by atoms with E-state index in [9.17, 15) is 5.11 Å². The fourth-order valence-electron chi connectivity index (χ4n) is 3.10. The summed E-state index contributed by atoms with van der Waals surface area (Å²) < 4.78 is 10.9. The van der Waals surface area contributed by atoms with Crippen LogP contribution in [0.1, 0.15) is 43.5 Å². The first-order valence-electron chi connectivity index (χ1n) is 7.53. The number of aliphatic hydroxyl groups excluding tert-OH is 1. The number of aromatic nitrogens is 2. The summed E-state index contributed by atoms with van der Waals surface area (Å²) in [5.41, 5.74) is 0. The van der Waals surface area contributed by atoms with Gasteiger partial charge in [0.2, 0.25) is 11.7 Å². The van der Waals surface area contributed by atoms with Crippen LogP contribution in [0.25, 0.3) is 0 Å². The summed E-state index contributed by atoms with van der Waals surface area (Å²) in [6.07, 6.45) is 4.64. The molecule has 1 saturated heterocycles. The maximum Gasteiger partial charge on any atom is 0.229 e. The van der Waals surface area contributed by atoms with E-state index in [1.165, 1.54) is 12.8 Å². The molecule has 1 aliphatic carbocycles. The molecule has 1 aromatic heterocycles. The summed E-state index contributed by atoms with van der Waals surface area (Å²) >= 11 is 0. The third-order valence-electron chi connectivity index (χ3n) is 4.37. The van der Waals surface area contributed by atoms with Crippen LogP contribution in [0.2, 0.25) is 0 Å². The van der Waals surface area contributed by atoms with Crippen molar-refractivity contribution < 1.29 is 14.4 Å². The van der Waals surface area contributed by atoms with Gasteiger partial charge in [-0.2, -0.15) is 4.98 Å². The van der Waals surface area contributed by atoms with Crippen molar-refractivity contribution in [1.82, 2.24) is 15.0 Å². The van der Waals surface area contributed by atoms with E-state index < -0.39 is 0 Å². The van der Waals surface area contributed by atoms with Crippen LogP contribution in [0.15, 0.2) is 4.52 Å². The molecular formula is C14H23N3O3. The average Bonchev–Trinajstić information content (AvgIpc) is 3.10. The molecule has 0 bridgehead atoms. The molecular weight excluding hydrogens is 258 g/mol. The Kier molecular flexibility index (Phi) is 4.33. The molecule has 0 radical (unpaired) electrons. The first-order chi connectivity index (χ1) is 9.72. The lowest BCUT2D eigenvalue weighted by Gasteiger charge is -2.27. The maximum atomic E-state index is 10.2. The second kappa shape index (κ2) is 6.20. The molecule has 20 heavy (non-hydrogen) atoms. The molecule has 2 aliphatic rings. The van der Waals surface area contributed by atoms with E-state index in [0.29, 0.717) is 30.7 Å². The molecule has 6 nitrogen and oxygen atoms in total. The zero-order valence-corrected chi connectivity index (χ0v) is 12.0. The Balaban J connectivity index is 1.58. The van der Waals surface area contributed by atoms with Crippen molar-refractivity contribution in [2.75, 3.05) is 26.7 Å². The molecule has 112 valence electrons. The SMILES string of the molecule is CN1CCOC(c2noc(CC(O)C3CCCC3)n2)C1. The van der Waals surface area contributed by atoms with Gasteiger partial charge in [0.25, 0.3) is 0 Å². The molecule has 0 amide bonds. The van der Waals surface area contributed by atoms with Crippen LogP contribution in [0.5, 0.6) is 0 Å². The van der Waals surface area contributed by atoms with Gasteiger partial charge in [-0.05, 0) is 25.8 Å². The Hall–Kier alpha value is -0.980. The Morgan fingerprint density at radius 1 is 1.40 bits per heavy atom. The maximum absolute atomic E-state index is 10.2. The first-order valence-corrected chi connectivity index (χ1v) is 7.53. The van der Waals surface area contributed by atoms with Crippen LogP contribution < -0.4 is 0 Å². The minimum atomic E-state index is -0.360. The molecule has 2 fully saturated rings. The Morgan fingerprint density at radius 3 is 2.95 bits per heavy atom. The minimum Gasteiger partial charge on any atom is -0.392 e. The van der Waals surface area contributed by atoms with Crippen molar-refractivity contribution in [3.63, 3.8) is 0 Å². The summed E-state index contributed by atoms with van der Waals surface area (Å²) in [6.45, 7) is 2.40. The van der Waals surface area contributed by atoms with Crippen LogP contribution in [-0.2, 0) is 11.2 Å². The summed E-state index contributed by atoms with van der Waals surface area (Å²) in [7, 11) is 2.06. The highest BCUT2D eigenvalue weighted by atomic mass is 16.5. The Bertz CT molecular complexity index is 431. The largest absolute Gasteiger partial charge is 0.392 e. The standard InChI is InChI=1S/C14H23N3O3/c1-17-6-7-19-12(9-17)14-15-13(20-16-14)8-11(18)10-4-2-3-5-10/h10-12,18H,2-9H2,1H3. The number of ether oxygens (including phenoxy) is 1. The van der Waals surface area contributed by atoms with Gasteiger partial charge in [0.15, 0.2) is 0 Å². The second-order valence-corrected chi connectivity index (χ2v) is 5.98. The molecule has 1 aromatic rings. The first kappa shape index (κ1) is 14.0. The van der Waals surface area contributed by atoms with E-state index in [2.05, 4.69) is 22.1 Å². The molecule has 1 aliphatic heterocycles. The van der Waals surface area contributed by atoms with Crippen molar-refractivity contribution in [3.8, 4) is 0 Å². The van der Waals surface area contributed by atoms with Crippen LogP contribution in [0.4, 0.5) is 0 Å². The molecule has 2 atom stereocenters. The average molecular weight is 281 g/mol. The van der Waals surface area contributed by atoms with Crippen molar-refractivity contribution in [1.29, 1.82) is 0 Å². The highest BCUT2D eigenvalue weighted by Gasteiger charge is 2.27. The molecule has 3 rings (SSSR count). The van der Waals surface area contributed by atoms with Gasteiger partial charge in [0.1, 0.15) is 6.10 Å². The quantitative estimate of drug-likeness (QED) is 0.893. The summed E-state index contributed by atoms with van der Waals surface area (Å²) in [5, 5.41) is 14.2. The topological polar surface area (TPSA) is 71.6 Å². The number of hydrogen-bond acceptors (Lipinski definition) is 6. The van der Waals surface area contributed by atoms with Gasteiger partial charge in [0, 0.05) is 13.1 Å². The zero-order chi connectivity index (χ0) is 13.9. The number of morpholine rings is 1. The predicted octanol–water partition coefficient (Wildman–Crippen LogP) is 1.17. The molecule has 1 saturated carbocycles. The van der Waals surface area contributed by atoms with E-state index in [4.69, 9.17) is 9.26 Å². The zero-order valence-electron chi connectivity index (χ0n) is 12.0. The number of hydrogen-bond donors (Lipinski definition) is 1. The van der Waals surface area contributed by atoms with Crippen LogP contribution in [0, 0.1) is 5.92 Å². The van der Waals surface area contributed by atoms with Crippen molar-refractivity contribution in [3.05, 3.63) is 11.7 Å². The highest BCUT2D eigenvalue weighted by molar-refractivity contribution is 4.95. The van der Waals surface area contributed by atoms with Crippen molar-refractivity contribution in [2.24, 2.45) is 5.92 Å². The molecule has 1 N–H and O–H groups in total. The van der Waals surface area contributed by atoms with Crippen LogP contribution >= 0.6 is 0 Å². The Morgan fingerprint density at radius 2 is 2.20 bits per heavy atom. The summed E-state index contributed by atoms with van der Waals surface area (Å²) in [6, 6.07) is 0. The van der Waals surface area contributed by atoms with Crippen LogP contribution in [-0.4, -0.2) is 53.0 Å². The second-order valence-electron chi connectivity index (χ2n) is 5.98. The van der Waals surface area contributed by atoms with Crippen molar-refractivity contribution in [2.45, 2.75) is 44.3 Å². The number of rotatable bonds is 4. The van der Waals surface area contributed by atoms with E-state index >= 15 is 0 Å². The summed E-state index contributed by atoms with van der Waals surface area (Å²) in [4.78, 5) is 6.58. The predicted molar refractivity (Wildman–Crippen MR) is 72.2 cm³/mol. The molecule has 2 unspecified atom stereocenters. The normalized spacial score (nSPS) is 27.0. The fourth-order valence-corrected chi connectivity index (χ4v) is 3.10. The Labute approximate surface area is 119 Å². The molecule has 2 heterocycles. The van der Waals surface area contributed by atoms with E-state index in [1.807, 2.05) is 0 Å². The van der Waals surface area contributed by atoms with E-state index in [1.54, 1.807) is 0 Å². The third-order valence-corrected chi connectivity index (χ3v) is 4.37.